The van der Waals surface area contributed by atoms with Gasteiger partial charge in [-0.05, 0) is 52.5 Å². The Labute approximate surface area is 149 Å². The Morgan fingerprint density at radius 3 is 2.79 bits per heavy atom. The SMILES string of the molecule is CCNC(=O)[C@H](C)Sc1nc2sc3c(c2c(=O)n1C(C)C)CCC3. The van der Waals surface area contributed by atoms with Crippen LogP contribution >= 0.6 is 23.1 Å². The lowest BCUT2D eigenvalue weighted by Crippen LogP contribution is -2.32. The van der Waals surface area contributed by atoms with Crippen molar-refractivity contribution in [1.82, 2.24) is 14.9 Å². The van der Waals surface area contributed by atoms with Crippen molar-refractivity contribution in [2.45, 2.75) is 63.4 Å². The predicted molar refractivity (Wildman–Crippen MR) is 100 cm³/mol. The summed E-state index contributed by atoms with van der Waals surface area (Å²) in [5, 5.41) is 3.98. The Kier molecular flexibility index (Phi) is 5.01. The standard InChI is InChI=1S/C17H23N3O2S2/c1-5-18-14(21)10(4)23-17-19-15-13(16(22)20(17)9(2)3)11-7-6-8-12(11)24-15/h9-10H,5-8H2,1-4H3,(H,18,21)/t10-/m0/s1. The fourth-order valence-electron chi connectivity index (χ4n) is 3.11. The summed E-state index contributed by atoms with van der Waals surface area (Å²) < 4.78 is 1.74. The number of thiophene rings is 1. The molecule has 0 radical (unpaired) electrons. The molecule has 0 unspecified atom stereocenters. The van der Waals surface area contributed by atoms with E-state index < -0.39 is 0 Å². The molecule has 2 aromatic rings. The van der Waals surface area contributed by atoms with E-state index in [1.165, 1.54) is 22.2 Å². The molecule has 1 aliphatic carbocycles. The van der Waals surface area contributed by atoms with E-state index in [2.05, 4.69) is 5.32 Å². The van der Waals surface area contributed by atoms with Gasteiger partial charge in [0.2, 0.25) is 5.91 Å². The molecule has 1 amide bonds. The van der Waals surface area contributed by atoms with Crippen LogP contribution in [0.4, 0.5) is 0 Å². The molecule has 2 aromatic heterocycles. The van der Waals surface area contributed by atoms with Crippen molar-refractivity contribution in [1.29, 1.82) is 0 Å². The molecule has 0 aromatic carbocycles. The van der Waals surface area contributed by atoms with Crippen molar-refractivity contribution in [3.05, 3.63) is 20.8 Å². The Balaban J connectivity index is 2.09. The maximum Gasteiger partial charge on any atom is 0.263 e. The highest BCUT2D eigenvalue weighted by Crippen LogP contribution is 2.36. The van der Waals surface area contributed by atoms with Gasteiger partial charge in [-0.25, -0.2) is 4.98 Å². The summed E-state index contributed by atoms with van der Waals surface area (Å²) in [4.78, 5) is 32.1. The zero-order valence-corrected chi connectivity index (χ0v) is 16.1. The van der Waals surface area contributed by atoms with Gasteiger partial charge in [0.25, 0.3) is 5.56 Å². The zero-order valence-electron chi connectivity index (χ0n) is 14.5. The van der Waals surface area contributed by atoms with Crippen molar-refractivity contribution in [3.8, 4) is 0 Å². The Morgan fingerprint density at radius 1 is 1.38 bits per heavy atom. The van der Waals surface area contributed by atoms with Crippen molar-refractivity contribution >= 4 is 39.2 Å². The summed E-state index contributed by atoms with van der Waals surface area (Å²) in [6.07, 6.45) is 3.16. The molecule has 0 saturated carbocycles. The number of fused-ring (bicyclic) bond motifs is 3. The van der Waals surface area contributed by atoms with Crippen LogP contribution in [0, 0.1) is 0 Å². The topological polar surface area (TPSA) is 64.0 Å². The number of aryl methyl sites for hydroxylation is 2. The summed E-state index contributed by atoms with van der Waals surface area (Å²) in [7, 11) is 0. The summed E-state index contributed by atoms with van der Waals surface area (Å²) in [5.74, 6) is -0.0270. The van der Waals surface area contributed by atoms with Crippen LogP contribution in [-0.2, 0) is 17.6 Å². The second-order valence-corrected chi connectivity index (χ2v) is 8.75. The summed E-state index contributed by atoms with van der Waals surface area (Å²) in [6, 6.07) is 0.00953. The van der Waals surface area contributed by atoms with E-state index in [0.717, 1.165) is 29.5 Å². The van der Waals surface area contributed by atoms with Gasteiger partial charge in [0.15, 0.2) is 5.16 Å². The highest BCUT2D eigenvalue weighted by Gasteiger charge is 2.25. The Hall–Kier alpha value is -1.34. The monoisotopic (exact) mass is 365 g/mol. The fourth-order valence-corrected chi connectivity index (χ4v) is 5.47. The first-order valence-electron chi connectivity index (χ1n) is 8.45. The molecule has 3 rings (SSSR count). The van der Waals surface area contributed by atoms with Crippen LogP contribution < -0.4 is 10.9 Å². The number of aromatic nitrogens is 2. The predicted octanol–water partition coefficient (Wildman–Crippen LogP) is 3.14. The van der Waals surface area contributed by atoms with Crippen LogP contribution in [0.1, 0.15) is 50.6 Å². The second kappa shape index (κ2) is 6.88. The van der Waals surface area contributed by atoms with Crippen molar-refractivity contribution < 1.29 is 4.79 Å². The fraction of sp³-hybridized carbons (Fsp3) is 0.588. The van der Waals surface area contributed by atoms with Crippen LogP contribution in [0.3, 0.4) is 0 Å². The van der Waals surface area contributed by atoms with Crippen molar-refractivity contribution in [3.63, 3.8) is 0 Å². The van der Waals surface area contributed by atoms with Gasteiger partial charge in [-0.2, -0.15) is 0 Å². The van der Waals surface area contributed by atoms with Crippen LogP contribution in [0.15, 0.2) is 9.95 Å². The van der Waals surface area contributed by atoms with Crippen molar-refractivity contribution in [2.75, 3.05) is 6.54 Å². The molecule has 24 heavy (non-hydrogen) atoms. The maximum absolute atomic E-state index is 13.1. The zero-order chi connectivity index (χ0) is 17.4. The number of nitrogens with one attached hydrogen (secondary N) is 1. The summed E-state index contributed by atoms with van der Waals surface area (Å²) >= 11 is 3.01. The van der Waals surface area contributed by atoms with E-state index in [0.29, 0.717) is 11.7 Å². The number of carbonyl (C=O) groups excluding carboxylic acids is 1. The van der Waals surface area contributed by atoms with Crippen LogP contribution in [0.25, 0.3) is 10.2 Å². The minimum absolute atomic E-state index is 0.00953. The molecule has 0 bridgehead atoms. The maximum atomic E-state index is 13.1. The molecule has 0 fully saturated rings. The highest BCUT2D eigenvalue weighted by atomic mass is 32.2. The minimum atomic E-state index is -0.286. The molecule has 130 valence electrons. The quantitative estimate of drug-likeness (QED) is 0.653. The van der Waals surface area contributed by atoms with Gasteiger partial charge < -0.3 is 5.32 Å². The number of hydrogen-bond acceptors (Lipinski definition) is 5. The number of hydrogen-bond donors (Lipinski definition) is 1. The third kappa shape index (κ3) is 2.99. The number of nitrogens with zero attached hydrogens (tertiary/aromatic N) is 2. The summed E-state index contributed by atoms with van der Waals surface area (Å²) in [6.45, 7) is 8.33. The van der Waals surface area contributed by atoms with E-state index >= 15 is 0 Å². The second-order valence-electron chi connectivity index (χ2n) is 6.36. The number of amides is 1. The Morgan fingerprint density at radius 2 is 2.12 bits per heavy atom. The molecular formula is C17H23N3O2S2. The highest BCUT2D eigenvalue weighted by molar-refractivity contribution is 8.00. The molecule has 1 N–H and O–H groups in total. The van der Waals surface area contributed by atoms with Crippen molar-refractivity contribution in [2.24, 2.45) is 0 Å². The number of thioether (sulfide) groups is 1. The van der Waals surface area contributed by atoms with Gasteiger partial charge in [0, 0.05) is 17.5 Å². The summed E-state index contributed by atoms with van der Waals surface area (Å²) in [5.41, 5.74) is 1.25. The third-order valence-corrected chi connectivity index (χ3v) is 6.51. The van der Waals surface area contributed by atoms with Gasteiger partial charge in [0.05, 0.1) is 10.6 Å². The average molecular weight is 366 g/mol. The number of rotatable bonds is 5. The van der Waals surface area contributed by atoms with E-state index in [1.54, 1.807) is 15.9 Å². The molecule has 1 atom stereocenters. The molecule has 0 aliphatic heterocycles. The van der Waals surface area contributed by atoms with E-state index in [1.807, 2.05) is 27.7 Å². The molecular weight excluding hydrogens is 342 g/mol. The molecule has 7 heteroatoms. The molecule has 0 saturated heterocycles. The largest absolute Gasteiger partial charge is 0.355 e. The van der Waals surface area contributed by atoms with E-state index in [9.17, 15) is 9.59 Å². The molecule has 5 nitrogen and oxygen atoms in total. The van der Waals surface area contributed by atoms with Gasteiger partial charge in [-0.3, -0.25) is 14.2 Å². The Bertz CT molecular complexity index is 838. The smallest absolute Gasteiger partial charge is 0.263 e. The third-order valence-electron chi connectivity index (χ3n) is 4.26. The molecule has 1 aliphatic rings. The van der Waals surface area contributed by atoms with E-state index in [4.69, 9.17) is 4.98 Å². The number of carbonyl (C=O) groups is 1. The lowest BCUT2D eigenvalue weighted by Gasteiger charge is -2.17. The average Bonchev–Trinajstić information content (AvgIpc) is 3.07. The van der Waals surface area contributed by atoms with Gasteiger partial charge in [-0.1, -0.05) is 11.8 Å². The normalized spacial score (nSPS) is 15.0. The molecule has 2 heterocycles. The van der Waals surface area contributed by atoms with Gasteiger partial charge >= 0.3 is 0 Å². The van der Waals surface area contributed by atoms with Crippen LogP contribution in [0.2, 0.25) is 0 Å². The van der Waals surface area contributed by atoms with E-state index in [-0.39, 0.29) is 22.8 Å². The molecule has 0 spiro atoms. The van der Waals surface area contributed by atoms with Crippen LogP contribution in [0.5, 0.6) is 0 Å². The van der Waals surface area contributed by atoms with Gasteiger partial charge in [0.1, 0.15) is 4.83 Å². The van der Waals surface area contributed by atoms with Crippen LogP contribution in [-0.4, -0.2) is 27.3 Å². The lowest BCUT2D eigenvalue weighted by atomic mass is 10.2. The minimum Gasteiger partial charge on any atom is -0.355 e. The first-order chi connectivity index (χ1) is 11.4. The first kappa shape index (κ1) is 17.5. The van der Waals surface area contributed by atoms with Gasteiger partial charge in [-0.15, -0.1) is 11.3 Å². The lowest BCUT2D eigenvalue weighted by molar-refractivity contribution is -0.120. The first-order valence-corrected chi connectivity index (χ1v) is 10.1.